The monoisotopic (exact) mass is 343 g/mol. The van der Waals surface area contributed by atoms with Crippen LogP contribution in [0.1, 0.15) is 37.2 Å². The molecule has 0 aliphatic carbocycles. The minimum Gasteiger partial charge on any atom is -0.447 e. The zero-order valence-electron chi connectivity index (χ0n) is 14.3. The van der Waals surface area contributed by atoms with Crippen LogP contribution >= 0.6 is 0 Å². The standard InChI is InChI=1S/C18H21N3O4/c1-3-12-21-16(22)11-10-14(20-21)18(24)25-15(4-2)17(23)19-13-8-6-5-7-9-13/h5-11,15H,3-4,12H2,1-2H3,(H,19,23). The number of anilines is 1. The van der Waals surface area contributed by atoms with Crippen LogP contribution in [0.4, 0.5) is 5.69 Å². The first kappa shape index (κ1) is 18.4. The van der Waals surface area contributed by atoms with Gasteiger partial charge in [0.15, 0.2) is 11.8 Å². The highest BCUT2D eigenvalue weighted by molar-refractivity contribution is 5.96. The number of nitrogens with zero attached hydrogens (tertiary/aromatic N) is 2. The van der Waals surface area contributed by atoms with E-state index in [0.29, 0.717) is 25.1 Å². The van der Waals surface area contributed by atoms with Gasteiger partial charge in [-0.25, -0.2) is 9.48 Å². The summed E-state index contributed by atoms with van der Waals surface area (Å²) in [5.74, 6) is -1.15. The van der Waals surface area contributed by atoms with Crippen LogP contribution < -0.4 is 10.9 Å². The molecular weight excluding hydrogens is 322 g/mol. The first-order valence-electron chi connectivity index (χ1n) is 8.20. The van der Waals surface area contributed by atoms with Gasteiger partial charge in [0.25, 0.3) is 11.5 Å². The van der Waals surface area contributed by atoms with Crippen molar-refractivity contribution in [1.82, 2.24) is 9.78 Å². The molecule has 1 unspecified atom stereocenters. The van der Waals surface area contributed by atoms with E-state index in [9.17, 15) is 14.4 Å². The van der Waals surface area contributed by atoms with Crippen molar-refractivity contribution in [3.05, 3.63) is 58.5 Å². The molecule has 1 aromatic heterocycles. The molecule has 0 aliphatic rings. The average Bonchev–Trinajstić information content (AvgIpc) is 2.62. The van der Waals surface area contributed by atoms with Crippen molar-refractivity contribution in [2.75, 3.05) is 5.32 Å². The Bertz CT molecular complexity index is 786. The van der Waals surface area contributed by atoms with Crippen LogP contribution in [0, 0.1) is 0 Å². The molecule has 0 aliphatic heterocycles. The molecule has 7 nitrogen and oxygen atoms in total. The van der Waals surface area contributed by atoms with Gasteiger partial charge in [-0.2, -0.15) is 5.10 Å². The van der Waals surface area contributed by atoms with E-state index in [0.717, 1.165) is 0 Å². The molecule has 2 aromatic rings. The van der Waals surface area contributed by atoms with Crippen LogP contribution in [0.2, 0.25) is 0 Å². The van der Waals surface area contributed by atoms with Crippen molar-refractivity contribution >= 4 is 17.6 Å². The smallest absolute Gasteiger partial charge is 0.359 e. The summed E-state index contributed by atoms with van der Waals surface area (Å²) in [6.45, 7) is 4.06. The van der Waals surface area contributed by atoms with Crippen LogP contribution in [-0.2, 0) is 16.1 Å². The molecule has 1 amide bonds. The Morgan fingerprint density at radius 3 is 2.52 bits per heavy atom. The number of amides is 1. The lowest BCUT2D eigenvalue weighted by atomic mass is 10.2. The molecule has 0 bridgehead atoms. The zero-order chi connectivity index (χ0) is 18.2. The molecule has 7 heteroatoms. The summed E-state index contributed by atoms with van der Waals surface area (Å²) >= 11 is 0. The minimum atomic E-state index is -0.943. The Morgan fingerprint density at radius 2 is 1.88 bits per heavy atom. The van der Waals surface area contributed by atoms with Crippen LogP contribution in [0.3, 0.4) is 0 Å². The summed E-state index contributed by atoms with van der Waals surface area (Å²) in [4.78, 5) is 36.2. The van der Waals surface area contributed by atoms with Crippen molar-refractivity contribution < 1.29 is 14.3 Å². The number of benzene rings is 1. The van der Waals surface area contributed by atoms with E-state index in [1.807, 2.05) is 13.0 Å². The third-order valence-corrected chi connectivity index (χ3v) is 3.47. The molecule has 132 valence electrons. The molecule has 1 atom stereocenters. The van der Waals surface area contributed by atoms with Crippen molar-refractivity contribution in [2.45, 2.75) is 39.3 Å². The Morgan fingerprint density at radius 1 is 1.16 bits per heavy atom. The first-order chi connectivity index (χ1) is 12.0. The number of para-hydroxylation sites is 1. The number of hydrogen-bond donors (Lipinski definition) is 1. The summed E-state index contributed by atoms with van der Waals surface area (Å²) in [5, 5.41) is 6.69. The molecule has 2 rings (SSSR count). The van der Waals surface area contributed by atoms with Crippen molar-refractivity contribution in [3.63, 3.8) is 0 Å². The fraction of sp³-hybridized carbons (Fsp3) is 0.333. The number of ether oxygens (including phenoxy) is 1. The van der Waals surface area contributed by atoms with Gasteiger partial charge in [0.05, 0.1) is 0 Å². The van der Waals surface area contributed by atoms with Gasteiger partial charge in [0, 0.05) is 18.3 Å². The molecule has 0 spiro atoms. The molecule has 1 N–H and O–H groups in total. The van der Waals surface area contributed by atoms with Crippen molar-refractivity contribution in [3.8, 4) is 0 Å². The lowest BCUT2D eigenvalue weighted by molar-refractivity contribution is -0.124. The van der Waals surface area contributed by atoms with Gasteiger partial charge in [-0.1, -0.05) is 32.0 Å². The van der Waals surface area contributed by atoms with Gasteiger partial charge in [0.1, 0.15) is 0 Å². The number of esters is 1. The van der Waals surface area contributed by atoms with Gasteiger partial charge < -0.3 is 10.1 Å². The lowest BCUT2D eigenvalue weighted by Gasteiger charge is -2.16. The Kier molecular flexibility index (Phi) is 6.45. The highest BCUT2D eigenvalue weighted by Crippen LogP contribution is 2.10. The summed E-state index contributed by atoms with van der Waals surface area (Å²) < 4.78 is 6.47. The van der Waals surface area contributed by atoms with Gasteiger partial charge >= 0.3 is 5.97 Å². The number of nitrogens with one attached hydrogen (secondary N) is 1. The number of carbonyl (C=O) groups is 2. The van der Waals surface area contributed by atoms with Gasteiger partial charge in [-0.15, -0.1) is 0 Å². The molecule has 25 heavy (non-hydrogen) atoms. The molecule has 0 saturated heterocycles. The first-order valence-corrected chi connectivity index (χ1v) is 8.20. The molecule has 0 fully saturated rings. The van der Waals surface area contributed by atoms with Gasteiger partial charge in [-0.3, -0.25) is 9.59 Å². The predicted octanol–water partition coefficient (Wildman–Crippen LogP) is 2.23. The van der Waals surface area contributed by atoms with Crippen LogP contribution in [0.25, 0.3) is 0 Å². The Balaban J connectivity index is 2.07. The number of aryl methyl sites for hydroxylation is 1. The topological polar surface area (TPSA) is 90.3 Å². The zero-order valence-corrected chi connectivity index (χ0v) is 14.3. The second kappa shape index (κ2) is 8.77. The fourth-order valence-electron chi connectivity index (χ4n) is 2.19. The van der Waals surface area contributed by atoms with E-state index in [-0.39, 0.29) is 11.3 Å². The highest BCUT2D eigenvalue weighted by Gasteiger charge is 2.23. The van der Waals surface area contributed by atoms with E-state index >= 15 is 0 Å². The maximum Gasteiger partial charge on any atom is 0.359 e. The lowest BCUT2D eigenvalue weighted by Crippen LogP contribution is -2.33. The van der Waals surface area contributed by atoms with Crippen molar-refractivity contribution in [2.24, 2.45) is 0 Å². The van der Waals surface area contributed by atoms with E-state index in [2.05, 4.69) is 10.4 Å². The fourth-order valence-corrected chi connectivity index (χ4v) is 2.19. The largest absolute Gasteiger partial charge is 0.447 e. The van der Waals surface area contributed by atoms with E-state index in [1.165, 1.54) is 16.8 Å². The summed E-state index contributed by atoms with van der Waals surface area (Å²) in [7, 11) is 0. The summed E-state index contributed by atoms with van der Waals surface area (Å²) in [6, 6.07) is 11.5. The van der Waals surface area contributed by atoms with E-state index in [1.54, 1.807) is 31.2 Å². The quantitative estimate of drug-likeness (QED) is 0.779. The molecule has 1 aromatic carbocycles. The van der Waals surface area contributed by atoms with Crippen molar-refractivity contribution in [1.29, 1.82) is 0 Å². The maximum atomic E-state index is 12.3. The summed E-state index contributed by atoms with van der Waals surface area (Å²) in [6.07, 6.45) is 0.0858. The second-order valence-corrected chi connectivity index (χ2v) is 5.44. The van der Waals surface area contributed by atoms with Crippen LogP contribution in [0.15, 0.2) is 47.3 Å². The number of rotatable bonds is 7. The predicted molar refractivity (Wildman–Crippen MR) is 93.4 cm³/mol. The Hall–Kier alpha value is -2.96. The molecule has 0 radical (unpaired) electrons. The van der Waals surface area contributed by atoms with E-state index < -0.39 is 18.0 Å². The maximum absolute atomic E-state index is 12.3. The summed E-state index contributed by atoms with van der Waals surface area (Å²) in [5.41, 5.74) is 0.336. The third kappa shape index (κ3) is 5.00. The van der Waals surface area contributed by atoms with Gasteiger partial charge in [0.2, 0.25) is 0 Å². The van der Waals surface area contributed by atoms with Crippen LogP contribution in [-0.4, -0.2) is 27.8 Å². The molecular formula is C18H21N3O4. The minimum absolute atomic E-state index is 0.000916. The number of carbonyl (C=O) groups excluding carboxylic acids is 2. The third-order valence-electron chi connectivity index (χ3n) is 3.47. The Labute approximate surface area is 145 Å². The molecule has 1 heterocycles. The van der Waals surface area contributed by atoms with Crippen LogP contribution in [0.5, 0.6) is 0 Å². The van der Waals surface area contributed by atoms with Gasteiger partial charge in [-0.05, 0) is 31.0 Å². The number of hydrogen-bond acceptors (Lipinski definition) is 5. The second-order valence-electron chi connectivity index (χ2n) is 5.44. The SMILES string of the molecule is CCCn1nc(C(=O)OC(CC)C(=O)Nc2ccccc2)ccc1=O. The van der Waals surface area contributed by atoms with E-state index in [4.69, 9.17) is 4.74 Å². The molecule has 0 saturated carbocycles. The highest BCUT2D eigenvalue weighted by atomic mass is 16.5. The average molecular weight is 343 g/mol. The normalized spacial score (nSPS) is 11.6. The number of aromatic nitrogens is 2.